The number of alkyl halides is 3. The molecular formula is C14H14F3N3O. The van der Waals surface area contributed by atoms with Gasteiger partial charge in [0.1, 0.15) is 0 Å². The number of fused-ring (bicyclic) bond motifs is 1. The van der Waals surface area contributed by atoms with Crippen LogP contribution in [-0.2, 0) is 10.9 Å². The molecule has 1 aromatic rings. The molecular weight excluding hydrogens is 283 g/mol. The summed E-state index contributed by atoms with van der Waals surface area (Å²) in [7, 11) is 0. The van der Waals surface area contributed by atoms with Crippen LogP contribution in [0.2, 0.25) is 0 Å². The van der Waals surface area contributed by atoms with Crippen molar-refractivity contribution in [3.63, 3.8) is 0 Å². The predicted molar refractivity (Wildman–Crippen MR) is 69.4 cm³/mol. The Kier molecular flexibility index (Phi) is 3.30. The van der Waals surface area contributed by atoms with Crippen LogP contribution < -0.4 is 11.1 Å². The third-order valence-electron chi connectivity index (χ3n) is 4.23. The Morgan fingerprint density at radius 2 is 2.14 bits per heavy atom. The van der Waals surface area contributed by atoms with Crippen LogP contribution in [0, 0.1) is 17.2 Å². The van der Waals surface area contributed by atoms with Crippen molar-refractivity contribution in [2.75, 3.05) is 11.9 Å². The predicted octanol–water partition coefficient (Wildman–Crippen LogP) is 2.10. The monoisotopic (exact) mass is 297 g/mol. The fraction of sp³-hybridized carbons (Fsp3) is 0.500. The lowest BCUT2D eigenvalue weighted by molar-refractivity contribution is -0.137. The number of nitriles is 1. The number of nitrogens with one attached hydrogen (secondary N) is 1. The highest BCUT2D eigenvalue weighted by Gasteiger charge is 2.52. The molecule has 1 saturated carbocycles. The van der Waals surface area contributed by atoms with E-state index in [4.69, 9.17) is 15.7 Å². The zero-order valence-electron chi connectivity index (χ0n) is 11.0. The Labute approximate surface area is 119 Å². The van der Waals surface area contributed by atoms with Crippen LogP contribution in [0.1, 0.15) is 17.5 Å². The van der Waals surface area contributed by atoms with E-state index in [2.05, 4.69) is 5.32 Å². The van der Waals surface area contributed by atoms with Gasteiger partial charge in [0.2, 0.25) is 0 Å². The number of rotatable bonds is 2. The quantitative estimate of drug-likeness (QED) is 0.877. The lowest BCUT2D eigenvalue weighted by Gasteiger charge is -2.46. The molecule has 0 amide bonds. The number of anilines is 1. The molecule has 4 atom stereocenters. The molecule has 1 saturated heterocycles. The van der Waals surface area contributed by atoms with Crippen molar-refractivity contribution >= 4 is 5.69 Å². The van der Waals surface area contributed by atoms with E-state index in [1.807, 2.05) is 0 Å². The molecule has 0 aromatic heterocycles. The average Bonchev–Trinajstić information content (AvgIpc) is 2.88. The van der Waals surface area contributed by atoms with Crippen LogP contribution in [0.15, 0.2) is 18.2 Å². The standard InChI is InChI=1S/C14H14F3N3O/c15-14(16,17)10-5-8(2-1-7(10)6-18)20-12-11(19)9-3-4-21-13(9)12/h1-2,5,9,11-13,20H,3-4,19H2. The highest BCUT2D eigenvalue weighted by atomic mass is 19.4. The lowest BCUT2D eigenvalue weighted by atomic mass is 9.72. The molecule has 4 unspecified atom stereocenters. The van der Waals surface area contributed by atoms with Crippen molar-refractivity contribution in [2.45, 2.75) is 30.8 Å². The normalized spacial score (nSPS) is 31.2. The Bertz CT molecular complexity index is 596. The molecule has 1 aliphatic heterocycles. The minimum atomic E-state index is -4.56. The first-order chi connectivity index (χ1) is 9.91. The van der Waals surface area contributed by atoms with Gasteiger partial charge in [-0.3, -0.25) is 0 Å². The van der Waals surface area contributed by atoms with Gasteiger partial charge in [-0.25, -0.2) is 0 Å². The molecule has 1 heterocycles. The molecule has 0 spiro atoms. The van der Waals surface area contributed by atoms with E-state index in [0.29, 0.717) is 12.3 Å². The van der Waals surface area contributed by atoms with E-state index in [0.717, 1.165) is 12.5 Å². The molecule has 2 fully saturated rings. The summed E-state index contributed by atoms with van der Waals surface area (Å²) in [6, 6.07) is 4.83. The van der Waals surface area contributed by atoms with Crippen LogP contribution >= 0.6 is 0 Å². The van der Waals surface area contributed by atoms with Crippen LogP contribution in [0.25, 0.3) is 0 Å². The smallest absolute Gasteiger partial charge is 0.378 e. The lowest BCUT2D eigenvalue weighted by Crippen LogP contribution is -2.65. The minimum Gasteiger partial charge on any atom is -0.378 e. The van der Waals surface area contributed by atoms with Gasteiger partial charge in [-0.2, -0.15) is 18.4 Å². The minimum absolute atomic E-state index is 0.0371. The zero-order chi connectivity index (χ0) is 15.2. The summed E-state index contributed by atoms with van der Waals surface area (Å²) in [5, 5.41) is 11.8. The molecule has 4 nitrogen and oxygen atoms in total. The fourth-order valence-corrected chi connectivity index (χ4v) is 3.09. The number of hydrogen-bond acceptors (Lipinski definition) is 4. The number of nitrogens with two attached hydrogens (primary N) is 1. The SMILES string of the molecule is N#Cc1ccc(NC2C(N)C3CCOC32)cc1C(F)(F)F. The zero-order valence-corrected chi connectivity index (χ0v) is 11.0. The van der Waals surface area contributed by atoms with Crippen molar-refractivity contribution in [3.8, 4) is 6.07 Å². The molecule has 7 heteroatoms. The third-order valence-corrected chi connectivity index (χ3v) is 4.23. The topological polar surface area (TPSA) is 71.1 Å². The maximum absolute atomic E-state index is 12.9. The number of benzene rings is 1. The van der Waals surface area contributed by atoms with Gasteiger partial charge >= 0.3 is 6.18 Å². The third kappa shape index (κ3) is 2.34. The summed E-state index contributed by atoms with van der Waals surface area (Å²) in [6.45, 7) is 0.641. The average molecular weight is 297 g/mol. The van der Waals surface area contributed by atoms with Crippen LogP contribution in [0.5, 0.6) is 0 Å². The van der Waals surface area contributed by atoms with Crippen LogP contribution in [0.4, 0.5) is 18.9 Å². The van der Waals surface area contributed by atoms with Gasteiger partial charge in [0, 0.05) is 24.3 Å². The van der Waals surface area contributed by atoms with E-state index in [9.17, 15) is 13.2 Å². The van der Waals surface area contributed by atoms with Gasteiger partial charge < -0.3 is 15.8 Å². The van der Waals surface area contributed by atoms with E-state index >= 15 is 0 Å². The van der Waals surface area contributed by atoms with Crippen LogP contribution in [0.3, 0.4) is 0 Å². The highest BCUT2D eigenvalue weighted by Crippen LogP contribution is 2.40. The molecule has 1 aromatic carbocycles. The second-order valence-electron chi connectivity index (χ2n) is 5.41. The fourth-order valence-electron chi connectivity index (χ4n) is 3.09. The van der Waals surface area contributed by atoms with Crippen molar-refractivity contribution in [2.24, 2.45) is 11.7 Å². The number of hydrogen-bond donors (Lipinski definition) is 2. The summed E-state index contributed by atoms with van der Waals surface area (Å²) in [5.74, 6) is 0.281. The van der Waals surface area contributed by atoms with Gasteiger partial charge in [0.25, 0.3) is 0 Å². The highest BCUT2D eigenvalue weighted by molar-refractivity contribution is 5.54. The first-order valence-corrected chi connectivity index (χ1v) is 6.67. The summed E-state index contributed by atoms with van der Waals surface area (Å²) < 4.78 is 44.3. The molecule has 1 aliphatic carbocycles. The maximum atomic E-state index is 12.9. The maximum Gasteiger partial charge on any atom is 0.417 e. The Morgan fingerprint density at radius 3 is 2.81 bits per heavy atom. The van der Waals surface area contributed by atoms with Gasteiger partial charge in [-0.15, -0.1) is 0 Å². The van der Waals surface area contributed by atoms with Crippen LogP contribution in [-0.4, -0.2) is 24.8 Å². The van der Waals surface area contributed by atoms with Gasteiger partial charge in [-0.05, 0) is 24.6 Å². The van der Waals surface area contributed by atoms with Gasteiger partial charge in [0.05, 0.1) is 29.3 Å². The second-order valence-corrected chi connectivity index (χ2v) is 5.41. The number of nitrogens with zero attached hydrogens (tertiary/aromatic N) is 1. The molecule has 0 bridgehead atoms. The summed E-state index contributed by atoms with van der Waals surface area (Å²) in [5.41, 5.74) is 4.99. The van der Waals surface area contributed by atoms with E-state index in [1.54, 1.807) is 6.07 Å². The summed E-state index contributed by atoms with van der Waals surface area (Å²) >= 11 is 0. The number of ether oxygens (including phenoxy) is 1. The Balaban J connectivity index is 1.82. The number of halogens is 3. The molecule has 21 heavy (non-hydrogen) atoms. The van der Waals surface area contributed by atoms with Crippen molar-refractivity contribution in [3.05, 3.63) is 29.3 Å². The largest absolute Gasteiger partial charge is 0.417 e. The van der Waals surface area contributed by atoms with Gasteiger partial charge in [0.15, 0.2) is 0 Å². The molecule has 0 radical (unpaired) electrons. The van der Waals surface area contributed by atoms with E-state index in [-0.39, 0.29) is 29.7 Å². The molecule has 3 rings (SSSR count). The summed E-state index contributed by atoms with van der Waals surface area (Å²) in [6.07, 6.45) is -3.70. The van der Waals surface area contributed by atoms with Crippen molar-refractivity contribution in [1.82, 2.24) is 0 Å². The summed E-state index contributed by atoms with van der Waals surface area (Å²) in [4.78, 5) is 0. The molecule has 2 aliphatic rings. The second kappa shape index (κ2) is 4.90. The molecule has 3 N–H and O–H groups in total. The first kappa shape index (κ1) is 14.2. The first-order valence-electron chi connectivity index (χ1n) is 6.67. The van der Waals surface area contributed by atoms with E-state index < -0.39 is 11.7 Å². The van der Waals surface area contributed by atoms with Gasteiger partial charge in [-0.1, -0.05) is 0 Å². The Morgan fingerprint density at radius 1 is 1.38 bits per heavy atom. The molecule has 112 valence electrons. The van der Waals surface area contributed by atoms with E-state index in [1.165, 1.54) is 12.1 Å². The Hall–Kier alpha value is -1.78. The van der Waals surface area contributed by atoms with Crippen molar-refractivity contribution < 1.29 is 17.9 Å². The van der Waals surface area contributed by atoms with Crippen molar-refractivity contribution in [1.29, 1.82) is 5.26 Å².